The van der Waals surface area contributed by atoms with Crippen LogP contribution < -0.4 is 5.73 Å². The fourth-order valence-corrected chi connectivity index (χ4v) is 5.92. The molecular formula is C26H29NO9. The van der Waals surface area contributed by atoms with Crippen LogP contribution in [0.1, 0.15) is 63.6 Å². The van der Waals surface area contributed by atoms with Crippen molar-refractivity contribution in [2.24, 2.45) is 17.6 Å². The smallest absolute Gasteiger partial charge is 0.302 e. The summed E-state index contributed by atoms with van der Waals surface area (Å²) >= 11 is 0. The van der Waals surface area contributed by atoms with Crippen molar-refractivity contribution in [1.82, 2.24) is 0 Å². The minimum absolute atomic E-state index is 0.0105. The molecule has 3 aliphatic carbocycles. The van der Waals surface area contributed by atoms with E-state index in [1.165, 1.54) is 0 Å². The number of fused-ring (bicyclic) bond motifs is 3. The van der Waals surface area contributed by atoms with Crippen LogP contribution in [-0.2, 0) is 29.3 Å². The quantitative estimate of drug-likeness (QED) is 0.299. The monoisotopic (exact) mass is 499 g/mol. The number of aliphatic hydroxyl groups is 3. The fourth-order valence-electron chi connectivity index (χ4n) is 5.92. The van der Waals surface area contributed by atoms with Crippen LogP contribution >= 0.6 is 0 Å². The Morgan fingerprint density at radius 3 is 2.28 bits per heavy atom. The van der Waals surface area contributed by atoms with Crippen LogP contribution in [0.3, 0.4) is 0 Å². The predicted octanol–water partition coefficient (Wildman–Crippen LogP) is 1.82. The van der Waals surface area contributed by atoms with Gasteiger partial charge in [0.15, 0.2) is 11.4 Å². The van der Waals surface area contributed by atoms with Gasteiger partial charge in [-0.3, -0.25) is 19.2 Å². The van der Waals surface area contributed by atoms with Gasteiger partial charge in [-0.1, -0.05) is 39.8 Å². The van der Waals surface area contributed by atoms with E-state index < -0.39 is 81.8 Å². The summed E-state index contributed by atoms with van der Waals surface area (Å²) in [6.07, 6.45) is -1.95. The lowest BCUT2D eigenvalue weighted by atomic mass is 9.55. The summed E-state index contributed by atoms with van der Waals surface area (Å²) < 4.78 is 5.52. The van der Waals surface area contributed by atoms with Gasteiger partial charge in [0.1, 0.15) is 28.9 Å². The maximum atomic E-state index is 13.8. The highest BCUT2D eigenvalue weighted by Gasteiger charge is 2.66. The van der Waals surface area contributed by atoms with Crippen molar-refractivity contribution in [3.63, 3.8) is 0 Å². The van der Waals surface area contributed by atoms with Crippen molar-refractivity contribution in [1.29, 1.82) is 0 Å². The van der Waals surface area contributed by atoms with Gasteiger partial charge in [-0.15, -0.1) is 0 Å². The lowest BCUT2D eigenvalue weighted by Crippen LogP contribution is -2.64. The van der Waals surface area contributed by atoms with Crippen LogP contribution in [0.2, 0.25) is 0 Å². The van der Waals surface area contributed by atoms with Crippen molar-refractivity contribution >= 4 is 29.2 Å². The van der Waals surface area contributed by atoms with Gasteiger partial charge in [0.05, 0.1) is 5.56 Å². The minimum Gasteiger partial charge on any atom is -0.508 e. The molecule has 1 fully saturated rings. The molecule has 0 unspecified atom stereocenters. The maximum Gasteiger partial charge on any atom is 0.302 e. The maximum absolute atomic E-state index is 13.8. The molecule has 4 rings (SSSR count). The van der Waals surface area contributed by atoms with Crippen LogP contribution in [0.25, 0.3) is 5.76 Å². The van der Waals surface area contributed by atoms with Gasteiger partial charge >= 0.3 is 5.97 Å². The number of aliphatic hydroxyl groups excluding tert-OH is 2. The Morgan fingerprint density at radius 1 is 1.14 bits per heavy atom. The summed E-state index contributed by atoms with van der Waals surface area (Å²) in [4.78, 5) is 50.5. The van der Waals surface area contributed by atoms with Gasteiger partial charge in [0, 0.05) is 36.3 Å². The number of hydrogen-bond acceptors (Lipinski definition) is 9. The molecule has 1 aromatic rings. The van der Waals surface area contributed by atoms with Crippen LogP contribution in [0.15, 0.2) is 29.0 Å². The highest BCUT2D eigenvalue weighted by atomic mass is 16.5. The molecule has 1 saturated carbocycles. The number of Topliss-reactive ketones (excluding diaryl/α,β-unsaturated/α-hetero) is 2. The number of carbonyl (C=O) groups excluding carboxylic acids is 4. The van der Waals surface area contributed by atoms with Crippen LogP contribution in [0.5, 0.6) is 5.75 Å². The molecule has 5 atom stereocenters. The first-order valence-corrected chi connectivity index (χ1v) is 11.6. The van der Waals surface area contributed by atoms with Crippen molar-refractivity contribution in [3.05, 3.63) is 45.7 Å². The van der Waals surface area contributed by atoms with E-state index in [4.69, 9.17) is 10.5 Å². The molecule has 0 aliphatic heterocycles. The first-order valence-electron chi connectivity index (χ1n) is 11.6. The molecule has 0 bridgehead atoms. The van der Waals surface area contributed by atoms with E-state index in [0.717, 1.165) is 6.92 Å². The first-order chi connectivity index (χ1) is 16.5. The Hall–Kier alpha value is -3.66. The highest BCUT2D eigenvalue weighted by molar-refractivity contribution is 6.23. The van der Waals surface area contributed by atoms with Crippen LogP contribution in [-0.4, -0.2) is 55.6 Å². The molecule has 0 heterocycles. The summed E-state index contributed by atoms with van der Waals surface area (Å²) in [5.41, 5.74) is 1.49. The number of ether oxygens (including phenoxy) is 1. The molecule has 192 valence electrons. The number of carbonyl (C=O) groups is 4. The predicted molar refractivity (Wildman–Crippen MR) is 126 cm³/mol. The van der Waals surface area contributed by atoms with E-state index in [0.29, 0.717) is 11.1 Å². The largest absolute Gasteiger partial charge is 0.508 e. The summed E-state index contributed by atoms with van der Waals surface area (Å²) in [6.45, 7) is 8.39. The van der Waals surface area contributed by atoms with E-state index in [1.54, 1.807) is 19.1 Å². The van der Waals surface area contributed by atoms with E-state index in [2.05, 4.69) is 0 Å². The molecule has 10 heteroatoms. The third kappa shape index (κ3) is 3.27. The van der Waals surface area contributed by atoms with Gasteiger partial charge in [0.25, 0.3) is 5.91 Å². The number of nitrogens with two attached hydrogens (primary N) is 1. The lowest BCUT2D eigenvalue weighted by molar-refractivity contribution is -0.177. The SMILES string of the molecule is CC(=O)O[C@H]1[C@H]2C(=C(O)c3c(ccc(C(C)(C)C)c3O)[C@@H]2C)C(=O)[C@]2(O)C(O)=C(C(N)=O)C(=O)C[C@H]12. The molecule has 1 aromatic carbocycles. The third-order valence-corrected chi connectivity index (χ3v) is 7.58. The topological polar surface area (TPSA) is 184 Å². The Labute approximate surface area is 207 Å². The normalized spacial score (nSPS) is 29.9. The second-order valence-electron chi connectivity index (χ2n) is 10.7. The molecular weight excluding hydrogens is 470 g/mol. The lowest BCUT2D eigenvalue weighted by Gasteiger charge is -2.51. The molecule has 0 aromatic heterocycles. The summed E-state index contributed by atoms with van der Waals surface area (Å²) in [5, 5.41) is 44.9. The van der Waals surface area contributed by atoms with Crippen LogP contribution in [0.4, 0.5) is 0 Å². The Bertz CT molecular complexity index is 1300. The number of hydrogen-bond donors (Lipinski definition) is 5. The average molecular weight is 500 g/mol. The number of benzene rings is 1. The number of esters is 1. The summed E-state index contributed by atoms with van der Waals surface area (Å²) in [5.74, 6) is -9.42. The van der Waals surface area contributed by atoms with Crippen molar-refractivity contribution < 1.29 is 44.3 Å². The average Bonchev–Trinajstić information content (AvgIpc) is 2.74. The molecule has 36 heavy (non-hydrogen) atoms. The molecule has 0 spiro atoms. The van der Waals surface area contributed by atoms with Crippen LogP contribution in [0, 0.1) is 11.8 Å². The van der Waals surface area contributed by atoms with E-state index in [9.17, 15) is 39.6 Å². The van der Waals surface area contributed by atoms with Crippen molar-refractivity contribution in [2.45, 2.75) is 64.1 Å². The van der Waals surface area contributed by atoms with Gasteiger partial charge < -0.3 is 30.9 Å². The van der Waals surface area contributed by atoms with E-state index >= 15 is 0 Å². The molecule has 10 nitrogen and oxygen atoms in total. The van der Waals surface area contributed by atoms with Crippen molar-refractivity contribution in [2.75, 3.05) is 0 Å². The fraction of sp³-hybridized carbons (Fsp3) is 0.462. The van der Waals surface area contributed by atoms with Crippen molar-refractivity contribution in [3.8, 4) is 5.75 Å². The van der Waals surface area contributed by atoms with Gasteiger partial charge in [0.2, 0.25) is 5.78 Å². The standard InChI is InChI=1S/C26H29NO9/c1-9-11-6-7-12(25(3,4)5)19(30)16(11)20(31)18-15(9)21(36-10(2)28)13-8-14(29)17(24(27)34)22(32)26(13,35)23(18)33/h6-7,9,13,15,21,30-32,35H,8H2,1-5H3,(H2,27,34)/t9-,13+,15+,21+,26+/m0/s1. The van der Waals surface area contributed by atoms with Gasteiger partial charge in [-0.25, -0.2) is 0 Å². The molecule has 1 amide bonds. The molecule has 3 aliphatic rings. The number of aromatic hydroxyl groups is 1. The zero-order chi connectivity index (χ0) is 27.1. The van der Waals surface area contributed by atoms with Gasteiger partial charge in [-0.2, -0.15) is 0 Å². The summed E-state index contributed by atoms with van der Waals surface area (Å²) in [6, 6.07) is 3.42. The van der Waals surface area contributed by atoms with E-state index in [-0.39, 0.29) is 16.9 Å². The zero-order valence-corrected chi connectivity index (χ0v) is 20.6. The number of primary amides is 1. The number of rotatable bonds is 2. The minimum atomic E-state index is -2.87. The number of phenolic OH excluding ortho intramolecular Hbond substituents is 1. The van der Waals surface area contributed by atoms with E-state index in [1.807, 2.05) is 20.8 Å². The second-order valence-corrected chi connectivity index (χ2v) is 10.7. The molecule has 0 saturated heterocycles. The number of ketones is 2. The highest BCUT2D eigenvalue weighted by Crippen LogP contribution is 2.57. The number of phenols is 1. The molecule has 6 N–H and O–H groups in total. The van der Waals surface area contributed by atoms with Gasteiger partial charge in [-0.05, 0) is 16.9 Å². The first kappa shape index (κ1) is 25.4. The number of amides is 1. The zero-order valence-electron chi connectivity index (χ0n) is 20.6. The second kappa shape index (κ2) is 7.92. The molecule has 0 radical (unpaired) electrons. The Balaban J connectivity index is 2.07. The summed E-state index contributed by atoms with van der Waals surface area (Å²) in [7, 11) is 0. The Kier molecular flexibility index (Phi) is 5.60. The Morgan fingerprint density at radius 2 is 1.75 bits per heavy atom. The third-order valence-electron chi connectivity index (χ3n) is 7.58.